The van der Waals surface area contributed by atoms with Gasteiger partial charge in [0.1, 0.15) is 11.4 Å². The average molecular weight is 381 g/mol. The molecule has 1 aromatic rings. The largest absolute Gasteiger partial charge is 0.493 e. The van der Waals surface area contributed by atoms with E-state index >= 15 is 0 Å². The number of ether oxygens (including phenoxy) is 2. The number of likely N-dealkylation sites (tertiary alicyclic amines) is 1. The van der Waals surface area contributed by atoms with Crippen LogP contribution in [-0.2, 0) is 4.74 Å². The van der Waals surface area contributed by atoms with Crippen LogP contribution in [0.25, 0.3) is 6.08 Å². The predicted molar refractivity (Wildman–Crippen MR) is 103 cm³/mol. The van der Waals surface area contributed by atoms with Crippen LogP contribution in [0, 0.1) is 5.92 Å². The standard InChI is InChI=1S/C19H27NO5S/c1-19(2,3)25-18(21)20-10-5-6-14(12-20)13-24-16-7-4-8-17-15(16)9-11-26(17,22)23/h4,7-9,11,14,22-23H,5-6,10,12-13H2,1-3H3. The Kier molecular flexibility index (Phi) is 5.23. The van der Waals surface area contributed by atoms with Crippen molar-refractivity contribution in [3.8, 4) is 5.75 Å². The summed E-state index contributed by atoms with van der Waals surface area (Å²) in [6, 6.07) is 5.31. The smallest absolute Gasteiger partial charge is 0.410 e. The summed E-state index contributed by atoms with van der Waals surface area (Å²) < 4.78 is 31.5. The molecule has 1 unspecified atom stereocenters. The predicted octanol–water partition coefficient (Wildman–Crippen LogP) is 4.81. The number of benzene rings is 1. The molecule has 3 rings (SSSR count). The molecule has 1 atom stereocenters. The first kappa shape index (κ1) is 19.1. The Morgan fingerprint density at radius 3 is 2.85 bits per heavy atom. The van der Waals surface area contributed by atoms with Crippen LogP contribution in [-0.4, -0.2) is 45.4 Å². The van der Waals surface area contributed by atoms with E-state index in [-0.39, 0.29) is 12.0 Å². The number of fused-ring (bicyclic) bond motifs is 1. The Bertz CT molecular complexity index is 710. The van der Waals surface area contributed by atoms with Gasteiger partial charge in [-0.3, -0.25) is 9.11 Å². The quantitative estimate of drug-likeness (QED) is 0.786. The lowest BCUT2D eigenvalue weighted by molar-refractivity contribution is 0.0139. The van der Waals surface area contributed by atoms with Gasteiger partial charge in [0.2, 0.25) is 0 Å². The van der Waals surface area contributed by atoms with Gasteiger partial charge in [-0.2, -0.15) is 0 Å². The molecule has 1 aromatic carbocycles. The third-order valence-electron chi connectivity index (χ3n) is 4.42. The number of piperidine rings is 1. The van der Waals surface area contributed by atoms with Gasteiger partial charge in [0, 0.05) is 30.0 Å². The fraction of sp³-hybridized carbons (Fsp3) is 0.526. The molecule has 2 aliphatic rings. The topological polar surface area (TPSA) is 79.2 Å². The highest BCUT2D eigenvalue weighted by atomic mass is 32.3. The second-order valence-corrected chi connectivity index (χ2v) is 9.71. The number of amides is 1. The Morgan fingerprint density at radius 1 is 1.35 bits per heavy atom. The van der Waals surface area contributed by atoms with Crippen molar-refractivity contribution in [3.63, 3.8) is 0 Å². The van der Waals surface area contributed by atoms with Crippen molar-refractivity contribution in [1.82, 2.24) is 4.90 Å². The minimum Gasteiger partial charge on any atom is -0.493 e. The van der Waals surface area contributed by atoms with Crippen molar-refractivity contribution in [1.29, 1.82) is 0 Å². The summed E-state index contributed by atoms with van der Waals surface area (Å²) in [5, 5.41) is 1.43. The first-order valence-corrected chi connectivity index (χ1v) is 10.5. The van der Waals surface area contributed by atoms with E-state index < -0.39 is 16.2 Å². The molecule has 0 aliphatic carbocycles. The number of rotatable bonds is 3. The number of hydrogen-bond donors (Lipinski definition) is 2. The van der Waals surface area contributed by atoms with Gasteiger partial charge in [-0.05, 0) is 51.8 Å². The molecule has 144 valence electrons. The summed E-state index contributed by atoms with van der Waals surface area (Å²) >= 11 is 0. The molecule has 1 amide bonds. The molecule has 6 nitrogen and oxygen atoms in total. The molecule has 26 heavy (non-hydrogen) atoms. The minimum absolute atomic E-state index is 0.220. The van der Waals surface area contributed by atoms with Crippen LogP contribution in [0.2, 0.25) is 0 Å². The molecule has 0 bridgehead atoms. The van der Waals surface area contributed by atoms with E-state index in [1.54, 1.807) is 23.1 Å². The first-order valence-electron chi connectivity index (χ1n) is 8.86. The summed E-state index contributed by atoms with van der Waals surface area (Å²) in [5.41, 5.74) is 0.230. The molecular formula is C19H27NO5S. The van der Waals surface area contributed by atoms with Crippen LogP contribution in [0.5, 0.6) is 5.75 Å². The fourth-order valence-electron chi connectivity index (χ4n) is 3.21. The zero-order valence-corrected chi connectivity index (χ0v) is 16.3. The maximum atomic E-state index is 12.3. The number of carbonyl (C=O) groups excluding carboxylic acids is 1. The van der Waals surface area contributed by atoms with Gasteiger partial charge in [0.05, 0.1) is 11.5 Å². The van der Waals surface area contributed by atoms with E-state index in [1.165, 1.54) is 5.41 Å². The number of carbonyl (C=O) groups is 1. The zero-order chi connectivity index (χ0) is 18.9. The molecule has 2 N–H and O–H groups in total. The van der Waals surface area contributed by atoms with Gasteiger partial charge in [0.25, 0.3) is 0 Å². The van der Waals surface area contributed by atoms with Crippen LogP contribution in [0.3, 0.4) is 0 Å². The molecule has 0 saturated carbocycles. The van der Waals surface area contributed by atoms with Crippen molar-refractivity contribution in [2.24, 2.45) is 5.92 Å². The van der Waals surface area contributed by atoms with Crippen LogP contribution in [0.4, 0.5) is 4.79 Å². The molecule has 7 heteroatoms. The lowest BCUT2D eigenvalue weighted by atomic mass is 9.99. The second-order valence-electron chi connectivity index (χ2n) is 7.81. The highest BCUT2D eigenvalue weighted by Gasteiger charge is 2.29. The molecule has 0 spiro atoms. The van der Waals surface area contributed by atoms with Gasteiger partial charge in [-0.15, -0.1) is 10.6 Å². The van der Waals surface area contributed by atoms with Crippen LogP contribution in [0.15, 0.2) is 28.5 Å². The monoisotopic (exact) mass is 381 g/mol. The summed E-state index contributed by atoms with van der Waals surface area (Å²) in [5.74, 6) is 0.864. The maximum Gasteiger partial charge on any atom is 0.410 e. The van der Waals surface area contributed by atoms with E-state index in [0.29, 0.717) is 30.3 Å². The van der Waals surface area contributed by atoms with Crippen LogP contribution < -0.4 is 4.74 Å². The third-order valence-corrected chi connectivity index (χ3v) is 5.94. The molecule has 1 fully saturated rings. The third kappa shape index (κ3) is 4.34. The lowest BCUT2D eigenvalue weighted by Gasteiger charge is -2.34. The number of hydrogen-bond acceptors (Lipinski definition) is 5. The van der Waals surface area contributed by atoms with Crippen molar-refractivity contribution in [3.05, 3.63) is 29.2 Å². The van der Waals surface area contributed by atoms with Gasteiger partial charge in [-0.25, -0.2) is 4.79 Å². The van der Waals surface area contributed by atoms with Crippen molar-refractivity contribution in [2.45, 2.75) is 44.1 Å². The Hall–Kier alpha value is -1.70. The maximum absolute atomic E-state index is 12.3. The molecule has 0 radical (unpaired) electrons. The Balaban J connectivity index is 1.60. The summed E-state index contributed by atoms with van der Waals surface area (Å²) in [4.78, 5) is 14.5. The van der Waals surface area contributed by atoms with Gasteiger partial charge in [-0.1, -0.05) is 6.07 Å². The summed E-state index contributed by atoms with van der Waals surface area (Å²) in [6.45, 7) is 7.38. The molecule has 1 saturated heterocycles. The van der Waals surface area contributed by atoms with E-state index in [4.69, 9.17) is 9.47 Å². The Morgan fingerprint density at radius 2 is 2.12 bits per heavy atom. The molecular weight excluding hydrogens is 354 g/mol. The van der Waals surface area contributed by atoms with Gasteiger partial charge < -0.3 is 14.4 Å². The normalized spacial score (nSPS) is 22.7. The average Bonchev–Trinajstić information content (AvgIpc) is 2.88. The summed E-state index contributed by atoms with van der Waals surface area (Å²) in [6.07, 6.45) is 3.33. The van der Waals surface area contributed by atoms with E-state index in [0.717, 1.165) is 18.4 Å². The van der Waals surface area contributed by atoms with Gasteiger partial charge in [0.15, 0.2) is 0 Å². The lowest BCUT2D eigenvalue weighted by Crippen LogP contribution is -2.44. The Labute approximate surface area is 156 Å². The number of nitrogens with zero attached hydrogens (tertiary/aromatic N) is 1. The molecule has 2 aliphatic heterocycles. The minimum atomic E-state index is -2.84. The SMILES string of the molecule is CC(C)(C)OC(=O)N1CCCC(COc2cccc3c2C=CS3(O)O)C1. The fourth-order valence-corrected chi connectivity index (χ4v) is 4.46. The van der Waals surface area contributed by atoms with Crippen LogP contribution in [0.1, 0.15) is 39.2 Å². The summed E-state index contributed by atoms with van der Waals surface area (Å²) in [7, 11) is -2.84. The van der Waals surface area contributed by atoms with E-state index in [9.17, 15) is 13.9 Å². The molecule has 0 aromatic heterocycles. The van der Waals surface area contributed by atoms with E-state index in [1.807, 2.05) is 26.8 Å². The highest BCUT2D eigenvalue weighted by molar-refractivity contribution is 8.27. The molecule has 2 heterocycles. The van der Waals surface area contributed by atoms with Crippen molar-refractivity contribution >= 4 is 22.8 Å². The van der Waals surface area contributed by atoms with Crippen LogP contribution >= 0.6 is 10.6 Å². The zero-order valence-electron chi connectivity index (χ0n) is 15.5. The van der Waals surface area contributed by atoms with Crippen molar-refractivity contribution in [2.75, 3.05) is 19.7 Å². The highest BCUT2D eigenvalue weighted by Crippen LogP contribution is 2.57. The second kappa shape index (κ2) is 7.13. The van der Waals surface area contributed by atoms with Crippen molar-refractivity contribution < 1.29 is 23.4 Å². The first-order chi connectivity index (χ1) is 12.2. The van der Waals surface area contributed by atoms with E-state index in [2.05, 4.69) is 0 Å². The van der Waals surface area contributed by atoms with Gasteiger partial charge >= 0.3 is 6.09 Å².